The van der Waals surface area contributed by atoms with Crippen molar-refractivity contribution in [1.29, 1.82) is 0 Å². The molecular formula is C13H20N2. The monoisotopic (exact) mass is 204 g/mol. The van der Waals surface area contributed by atoms with Crippen molar-refractivity contribution in [3.63, 3.8) is 0 Å². The molecule has 2 nitrogen and oxygen atoms in total. The first-order valence-corrected chi connectivity index (χ1v) is 5.71. The highest BCUT2D eigenvalue weighted by atomic mass is 15.1. The lowest BCUT2D eigenvalue weighted by Gasteiger charge is -2.29. The average Bonchev–Trinajstić information content (AvgIpc) is 2.23. The third-order valence-electron chi connectivity index (χ3n) is 3.49. The maximum absolute atomic E-state index is 5.94. The van der Waals surface area contributed by atoms with Gasteiger partial charge in [0.25, 0.3) is 0 Å². The predicted molar refractivity (Wildman–Crippen MR) is 65.1 cm³/mol. The number of nitrogens with two attached hydrogens (primary N) is 1. The van der Waals surface area contributed by atoms with Gasteiger partial charge in [-0.2, -0.15) is 0 Å². The summed E-state index contributed by atoms with van der Waals surface area (Å²) in [6, 6.07) is 6.54. The second-order valence-electron chi connectivity index (χ2n) is 4.69. The quantitative estimate of drug-likeness (QED) is 0.712. The molecule has 1 aromatic carbocycles. The standard InChI is InChI=1S/C13H20N2/c1-10-3-4-12(9-13(10)14)11-5-7-15(2)8-6-11/h3-4,9,11H,5-8,14H2,1-2H3. The molecule has 0 bridgehead atoms. The molecule has 1 aromatic rings. The lowest BCUT2D eigenvalue weighted by Crippen LogP contribution is -2.29. The molecule has 0 aromatic heterocycles. The van der Waals surface area contributed by atoms with Crippen LogP contribution in [0.1, 0.15) is 29.9 Å². The van der Waals surface area contributed by atoms with Gasteiger partial charge in [-0.05, 0) is 63.0 Å². The maximum atomic E-state index is 5.94. The van der Waals surface area contributed by atoms with E-state index in [9.17, 15) is 0 Å². The van der Waals surface area contributed by atoms with Crippen molar-refractivity contribution in [2.75, 3.05) is 25.9 Å². The molecule has 0 spiro atoms. The van der Waals surface area contributed by atoms with Crippen molar-refractivity contribution < 1.29 is 0 Å². The number of likely N-dealkylation sites (tertiary alicyclic amines) is 1. The van der Waals surface area contributed by atoms with Crippen LogP contribution in [0.5, 0.6) is 0 Å². The molecule has 1 saturated heterocycles. The Labute approximate surface area is 92.1 Å². The summed E-state index contributed by atoms with van der Waals surface area (Å²) in [6.07, 6.45) is 2.53. The fraction of sp³-hybridized carbons (Fsp3) is 0.538. The first-order chi connectivity index (χ1) is 7.16. The lowest BCUT2D eigenvalue weighted by molar-refractivity contribution is 0.255. The second-order valence-corrected chi connectivity index (χ2v) is 4.69. The van der Waals surface area contributed by atoms with E-state index in [1.54, 1.807) is 0 Å². The lowest BCUT2D eigenvalue weighted by atomic mass is 9.89. The number of benzene rings is 1. The molecule has 0 aliphatic carbocycles. The molecule has 0 radical (unpaired) electrons. The van der Waals surface area contributed by atoms with Crippen LogP contribution in [0.3, 0.4) is 0 Å². The minimum Gasteiger partial charge on any atom is -0.399 e. The fourth-order valence-corrected chi connectivity index (χ4v) is 2.25. The third kappa shape index (κ3) is 2.32. The van der Waals surface area contributed by atoms with Gasteiger partial charge >= 0.3 is 0 Å². The van der Waals surface area contributed by atoms with Crippen LogP contribution in [-0.2, 0) is 0 Å². The number of hydrogen-bond acceptors (Lipinski definition) is 2. The van der Waals surface area contributed by atoms with Crippen LogP contribution in [0.15, 0.2) is 18.2 Å². The van der Waals surface area contributed by atoms with E-state index >= 15 is 0 Å². The molecule has 2 N–H and O–H groups in total. The van der Waals surface area contributed by atoms with E-state index in [-0.39, 0.29) is 0 Å². The van der Waals surface area contributed by atoms with Crippen molar-refractivity contribution in [3.8, 4) is 0 Å². The van der Waals surface area contributed by atoms with Crippen LogP contribution in [-0.4, -0.2) is 25.0 Å². The highest BCUT2D eigenvalue weighted by molar-refractivity contribution is 5.49. The summed E-state index contributed by atoms with van der Waals surface area (Å²) in [5, 5.41) is 0. The molecule has 0 saturated carbocycles. The van der Waals surface area contributed by atoms with Crippen molar-refractivity contribution in [2.45, 2.75) is 25.7 Å². The Morgan fingerprint density at radius 3 is 2.53 bits per heavy atom. The molecular weight excluding hydrogens is 184 g/mol. The van der Waals surface area contributed by atoms with Gasteiger partial charge in [-0.1, -0.05) is 12.1 Å². The SMILES string of the molecule is Cc1ccc(C2CCN(C)CC2)cc1N. The zero-order valence-corrected chi connectivity index (χ0v) is 9.66. The summed E-state index contributed by atoms with van der Waals surface area (Å²) >= 11 is 0. The average molecular weight is 204 g/mol. The molecule has 1 aliphatic heterocycles. The Kier molecular flexibility index (Phi) is 2.96. The zero-order valence-electron chi connectivity index (χ0n) is 9.66. The van der Waals surface area contributed by atoms with Gasteiger partial charge in [0.05, 0.1) is 0 Å². The van der Waals surface area contributed by atoms with Gasteiger partial charge < -0.3 is 10.6 Å². The van der Waals surface area contributed by atoms with Crippen LogP contribution < -0.4 is 5.73 Å². The van der Waals surface area contributed by atoms with Crippen LogP contribution >= 0.6 is 0 Å². The second kappa shape index (κ2) is 4.23. The van der Waals surface area contributed by atoms with Crippen LogP contribution in [0.25, 0.3) is 0 Å². The van der Waals surface area contributed by atoms with Crippen LogP contribution in [0.2, 0.25) is 0 Å². The van der Waals surface area contributed by atoms with E-state index in [1.165, 1.54) is 37.1 Å². The molecule has 0 unspecified atom stereocenters. The van der Waals surface area contributed by atoms with Crippen molar-refractivity contribution in [2.24, 2.45) is 0 Å². The highest BCUT2D eigenvalue weighted by Crippen LogP contribution is 2.29. The molecule has 82 valence electrons. The predicted octanol–water partition coefficient (Wildman–Crippen LogP) is 2.39. The van der Waals surface area contributed by atoms with Gasteiger partial charge in [-0.25, -0.2) is 0 Å². The molecule has 1 aliphatic rings. The number of rotatable bonds is 1. The Hall–Kier alpha value is -1.02. The summed E-state index contributed by atoms with van der Waals surface area (Å²) in [6.45, 7) is 4.48. The maximum Gasteiger partial charge on any atom is 0.0346 e. The Morgan fingerprint density at radius 2 is 1.93 bits per heavy atom. The van der Waals surface area contributed by atoms with Crippen molar-refractivity contribution in [1.82, 2.24) is 4.90 Å². The Morgan fingerprint density at radius 1 is 1.27 bits per heavy atom. The van der Waals surface area contributed by atoms with Gasteiger partial charge in [-0.15, -0.1) is 0 Å². The van der Waals surface area contributed by atoms with Crippen molar-refractivity contribution >= 4 is 5.69 Å². The van der Waals surface area contributed by atoms with Gasteiger partial charge in [0.1, 0.15) is 0 Å². The molecule has 0 amide bonds. The van der Waals surface area contributed by atoms with Gasteiger partial charge in [0, 0.05) is 5.69 Å². The van der Waals surface area contributed by atoms with Gasteiger partial charge in [0.2, 0.25) is 0 Å². The van der Waals surface area contributed by atoms with Crippen molar-refractivity contribution in [3.05, 3.63) is 29.3 Å². The van der Waals surface area contributed by atoms with E-state index in [1.807, 2.05) is 0 Å². The van der Waals surface area contributed by atoms with E-state index < -0.39 is 0 Å². The minimum atomic E-state index is 0.712. The molecule has 1 fully saturated rings. The number of nitrogens with zero attached hydrogens (tertiary/aromatic N) is 1. The molecule has 1 heterocycles. The summed E-state index contributed by atoms with van der Waals surface area (Å²) in [7, 11) is 2.19. The highest BCUT2D eigenvalue weighted by Gasteiger charge is 2.18. The summed E-state index contributed by atoms with van der Waals surface area (Å²) < 4.78 is 0. The number of aryl methyl sites for hydroxylation is 1. The summed E-state index contributed by atoms with van der Waals surface area (Å²) in [5.41, 5.74) is 9.49. The van der Waals surface area contributed by atoms with Gasteiger partial charge in [0.15, 0.2) is 0 Å². The molecule has 15 heavy (non-hydrogen) atoms. The Balaban J connectivity index is 2.12. The topological polar surface area (TPSA) is 29.3 Å². The fourth-order valence-electron chi connectivity index (χ4n) is 2.25. The molecule has 2 rings (SSSR count). The first-order valence-electron chi connectivity index (χ1n) is 5.71. The minimum absolute atomic E-state index is 0.712. The Bertz CT molecular complexity index is 338. The molecule has 2 heteroatoms. The largest absolute Gasteiger partial charge is 0.399 e. The zero-order chi connectivity index (χ0) is 10.8. The first kappa shape index (κ1) is 10.5. The van der Waals surface area contributed by atoms with Gasteiger partial charge in [-0.3, -0.25) is 0 Å². The normalized spacial score (nSPS) is 19.3. The third-order valence-corrected chi connectivity index (χ3v) is 3.49. The molecule has 0 atom stereocenters. The van der Waals surface area contributed by atoms with E-state index in [0.29, 0.717) is 5.92 Å². The number of nitrogen functional groups attached to an aromatic ring is 1. The number of hydrogen-bond donors (Lipinski definition) is 1. The number of piperidine rings is 1. The van der Waals surface area contributed by atoms with Crippen LogP contribution in [0.4, 0.5) is 5.69 Å². The summed E-state index contributed by atoms with van der Waals surface area (Å²) in [5.74, 6) is 0.712. The van der Waals surface area contributed by atoms with E-state index in [2.05, 4.69) is 37.1 Å². The van der Waals surface area contributed by atoms with E-state index in [0.717, 1.165) is 5.69 Å². The smallest absolute Gasteiger partial charge is 0.0346 e. The number of anilines is 1. The van der Waals surface area contributed by atoms with E-state index in [4.69, 9.17) is 5.73 Å². The summed E-state index contributed by atoms with van der Waals surface area (Å²) in [4.78, 5) is 2.40. The van der Waals surface area contributed by atoms with Crippen LogP contribution in [0, 0.1) is 6.92 Å².